The highest BCUT2D eigenvalue weighted by Gasteiger charge is 2.36. The summed E-state index contributed by atoms with van der Waals surface area (Å²) in [4.78, 5) is 10.5. The van der Waals surface area contributed by atoms with Gasteiger partial charge in [-0.3, -0.25) is 4.79 Å². The van der Waals surface area contributed by atoms with Crippen LogP contribution in [0, 0.1) is 0 Å². The fourth-order valence-electron chi connectivity index (χ4n) is 1.93. The van der Waals surface area contributed by atoms with Crippen LogP contribution < -0.4 is 10.6 Å². The molecule has 1 rings (SSSR count). The van der Waals surface area contributed by atoms with Crippen LogP contribution >= 0.6 is 0 Å². The Balaban J connectivity index is 2.49. The van der Waals surface area contributed by atoms with Crippen molar-refractivity contribution in [1.82, 2.24) is 10.6 Å². The summed E-state index contributed by atoms with van der Waals surface area (Å²) < 4.78 is 23.0. The Hall–Kier alpha value is -0.660. The molecule has 0 radical (unpaired) electrons. The van der Waals surface area contributed by atoms with Crippen molar-refractivity contribution >= 4 is 15.8 Å². The molecule has 0 bridgehead atoms. The molecule has 1 heterocycles. The standard InChI is InChI=1S/C10H20N2O4S/c1-2-3-4-11-8-6-17(15,16)7-9(8)12-5-10(13)14/h8-9,11-12H,2-7H2,1H3,(H,13,14). The van der Waals surface area contributed by atoms with E-state index < -0.39 is 15.8 Å². The summed E-state index contributed by atoms with van der Waals surface area (Å²) in [5, 5.41) is 14.5. The van der Waals surface area contributed by atoms with Crippen molar-refractivity contribution in [3.05, 3.63) is 0 Å². The molecule has 0 aromatic carbocycles. The van der Waals surface area contributed by atoms with E-state index in [4.69, 9.17) is 5.11 Å². The molecule has 0 spiro atoms. The summed E-state index contributed by atoms with van der Waals surface area (Å²) in [6.07, 6.45) is 2.03. The van der Waals surface area contributed by atoms with E-state index in [2.05, 4.69) is 17.6 Å². The summed E-state index contributed by atoms with van der Waals surface area (Å²) in [6, 6.07) is -0.473. The fourth-order valence-corrected chi connectivity index (χ4v) is 3.86. The molecule has 1 aliphatic heterocycles. The second kappa shape index (κ2) is 6.32. The SMILES string of the molecule is CCCCNC1CS(=O)(=O)CC1NCC(=O)O. The highest BCUT2D eigenvalue weighted by atomic mass is 32.2. The van der Waals surface area contributed by atoms with Crippen LogP contribution in [0.4, 0.5) is 0 Å². The van der Waals surface area contributed by atoms with E-state index >= 15 is 0 Å². The third-order valence-electron chi connectivity index (χ3n) is 2.81. The van der Waals surface area contributed by atoms with Crippen LogP contribution in [0.1, 0.15) is 19.8 Å². The summed E-state index contributed by atoms with van der Waals surface area (Å²) in [5.74, 6) is -0.862. The van der Waals surface area contributed by atoms with Crippen molar-refractivity contribution in [1.29, 1.82) is 0 Å². The first-order valence-electron chi connectivity index (χ1n) is 5.83. The number of sulfone groups is 1. The number of hydrogen-bond donors (Lipinski definition) is 3. The molecule has 100 valence electrons. The maximum atomic E-state index is 11.5. The molecule has 17 heavy (non-hydrogen) atoms. The van der Waals surface area contributed by atoms with Gasteiger partial charge in [0, 0.05) is 12.1 Å². The van der Waals surface area contributed by atoms with Gasteiger partial charge in [-0.2, -0.15) is 0 Å². The molecule has 2 atom stereocenters. The minimum Gasteiger partial charge on any atom is -0.480 e. The zero-order valence-corrected chi connectivity index (χ0v) is 10.8. The molecule has 3 N–H and O–H groups in total. The zero-order chi connectivity index (χ0) is 12.9. The van der Waals surface area contributed by atoms with Gasteiger partial charge in [-0.05, 0) is 13.0 Å². The average Bonchev–Trinajstić information content (AvgIpc) is 2.51. The first-order chi connectivity index (χ1) is 7.94. The second-order valence-corrected chi connectivity index (χ2v) is 6.53. The van der Waals surface area contributed by atoms with Gasteiger partial charge in [0.15, 0.2) is 9.84 Å². The molecule has 6 nitrogen and oxygen atoms in total. The molecule has 7 heteroatoms. The summed E-state index contributed by atoms with van der Waals surface area (Å²) in [7, 11) is -3.05. The fraction of sp³-hybridized carbons (Fsp3) is 0.900. The first kappa shape index (κ1) is 14.4. The molecule has 0 aliphatic carbocycles. The topological polar surface area (TPSA) is 95.5 Å². The lowest BCUT2D eigenvalue weighted by atomic mass is 10.1. The minimum absolute atomic E-state index is 0.0179. The van der Waals surface area contributed by atoms with Gasteiger partial charge in [0.1, 0.15) is 0 Å². The summed E-state index contributed by atoms with van der Waals surface area (Å²) >= 11 is 0. The average molecular weight is 264 g/mol. The maximum absolute atomic E-state index is 11.5. The Bertz CT molecular complexity index is 355. The first-order valence-corrected chi connectivity index (χ1v) is 7.65. The highest BCUT2D eigenvalue weighted by molar-refractivity contribution is 7.91. The van der Waals surface area contributed by atoms with Gasteiger partial charge in [0.25, 0.3) is 0 Å². The lowest BCUT2D eigenvalue weighted by molar-refractivity contribution is -0.136. The Morgan fingerprint density at radius 2 is 1.88 bits per heavy atom. The predicted molar refractivity (Wildman–Crippen MR) is 64.8 cm³/mol. The number of hydrogen-bond acceptors (Lipinski definition) is 5. The van der Waals surface area contributed by atoms with E-state index in [-0.39, 0.29) is 30.1 Å². The third kappa shape index (κ3) is 5.01. The van der Waals surface area contributed by atoms with Crippen molar-refractivity contribution in [2.75, 3.05) is 24.6 Å². The monoisotopic (exact) mass is 264 g/mol. The van der Waals surface area contributed by atoms with Crippen molar-refractivity contribution in [3.63, 3.8) is 0 Å². The number of unbranched alkanes of at least 4 members (excludes halogenated alkanes) is 1. The molecule has 0 aromatic rings. The number of carboxylic acid groups (broad SMARTS) is 1. The van der Waals surface area contributed by atoms with Crippen LogP contribution in [0.25, 0.3) is 0 Å². The smallest absolute Gasteiger partial charge is 0.317 e. The summed E-state index contributed by atoms with van der Waals surface area (Å²) in [6.45, 7) is 2.63. The number of rotatable bonds is 7. The molecule has 0 amide bonds. The van der Waals surface area contributed by atoms with E-state index in [0.29, 0.717) is 0 Å². The van der Waals surface area contributed by atoms with Crippen LogP contribution in [0.3, 0.4) is 0 Å². The quantitative estimate of drug-likeness (QED) is 0.522. The van der Waals surface area contributed by atoms with E-state index in [1.807, 2.05) is 0 Å². The zero-order valence-electron chi connectivity index (χ0n) is 9.98. The van der Waals surface area contributed by atoms with E-state index in [9.17, 15) is 13.2 Å². The highest BCUT2D eigenvalue weighted by Crippen LogP contribution is 2.12. The lowest BCUT2D eigenvalue weighted by Gasteiger charge is -2.19. The van der Waals surface area contributed by atoms with Gasteiger partial charge in [-0.1, -0.05) is 13.3 Å². The number of aliphatic carboxylic acids is 1. The van der Waals surface area contributed by atoms with Gasteiger partial charge in [-0.15, -0.1) is 0 Å². The van der Waals surface area contributed by atoms with Gasteiger partial charge >= 0.3 is 5.97 Å². The maximum Gasteiger partial charge on any atom is 0.317 e. The van der Waals surface area contributed by atoms with Crippen molar-refractivity contribution in [2.45, 2.75) is 31.8 Å². The molecule has 1 saturated heterocycles. The molecule has 2 unspecified atom stereocenters. The van der Waals surface area contributed by atoms with Crippen molar-refractivity contribution in [3.8, 4) is 0 Å². The molecule has 1 fully saturated rings. The van der Waals surface area contributed by atoms with E-state index in [1.54, 1.807) is 0 Å². The largest absolute Gasteiger partial charge is 0.480 e. The molecular formula is C10H20N2O4S. The van der Waals surface area contributed by atoms with Crippen LogP contribution in [0.5, 0.6) is 0 Å². The second-order valence-electron chi connectivity index (χ2n) is 4.37. The number of carboxylic acids is 1. The Kier molecular flexibility index (Phi) is 5.35. The van der Waals surface area contributed by atoms with Gasteiger partial charge in [-0.25, -0.2) is 8.42 Å². The van der Waals surface area contributed by atoms with E-state index in [0.717, 1.165) is 19.4 Å². The normalized spacial score (nSPS) is 27.1. The van der Waals surface area contributed by atoms with E-state index in [1.165, 1.54) is 0 Å². The Morgan fingerprint density at radius 1 is 1.29 bits per heavy atom. The molecular weight excluding hydrogens is 244 g/mol. The van der Waals surface area contributed by atoms with Gasteiger partial charge < -0.3 is 15.7 Å². The van der Waals surface area contributed by atoms with Crippen LogP contribution in [0.2, 0.25) is 0 Å². The van der Waals surface area contributed by atoms with Crippen LogP contribution in [-0.4, -0.2) is 56.2 Å². The molecule has 1 aliphatic rings. The molecule has 0 saturated carbocycles. The van der Waals surface area contributed by atoms with Crippen LogP contribution in [-0.2, 0) is 14.6 Å². The lowest BCUT2D eigenvalue weighted by Crippen LogP contribution is -2.48. The number of carbonyl (C=O) groups is 1. The van der Waals surface area contributed by atoms with Gasteiger partial charge in [0.2, 0.25) is 0 Å². The predicted octanol–water partition coefficient (Wildman–Crippen LogP) is -0.784. The van der Waals surface area contributed by atoms with Crippen LogP contribution in [0.15, 0.2) is 0 Å². The van der Waals surface area contributed by atoms with Crippen molar-refractivity contribution < 1.29 is 18.3 Å². The third-order valence-corrected chi connectivity index (χ3v) is 4.54. The number of nitrogens with one attached hydrogen (secondary N) is 2. The molecule has 0 aromatic heterocycles. The Labute approximate surface area is 102 Å². The Morgan fingerprint density at radius 3 is 2.41 bits per heavy atom. The minimum atomic E-state index is -3.05. The summed E-state index contributed by atoms with van der Waals surface area (Å²) in [5.41, 5.74) is 0. The van der Waals surface area contributed by atoms with Gasteiger partial charge in [0.05, 0.1) is 18.1 Å². The van der Waals surface area contributed by atoms with Crippen molar-refractivity contribution in [2.24, 2.45) is 0 Å².